The second-order valence-corrected chi connectivity index (χ2v) is 8.57. The summed E-state index contributed by atoms with van der Waals surface area (Å²) in [7, 11) is 0. The molecule has 0 bridgehead atoms. The third-order valence-corrected chi connectivity index (χ3v) is 5.76. The highest BCUT2D eigenvalue weighted by Crippen LogP contribution is 2.23. The van der Waals surface area contributed by atoms with Crippen LogP contribution in [-0.4, -0.2) is 13.3 Å². The molecule has 0 radical (unpaired) electrons. The average Bonchev–Trinajstić information content (AvgIpc) is 2.95. The van der Waals surface area contributed by atoms with Crippen LogP contribution in [0.15, 0.2) is 102 Å². The zero-order chi connectivity index (χ0) is 25.8. The Hall–Kier alpha value is -2.92. The molecule has 0 aliphatic rings. The van der Waals surface area contributed by atoms with Crippen molar-refractivity contribution < 1.29 is 10.6 Å². The molecule has 0 aliphatic carbocycles. The zero-order valence-corrected chi connectivity index (χ0v) is 22.4. The molecule has 2 nitrogen and oxygen atoms in total. The van der Waals surface area contributed by atoms with Gasteiger partial charge in [0.05, 0.1) is 0 Å². The normalized spacial score (nSPS) is 10.4. The van der Waals surface area contributed by atoms with Crippen molar-refractivity contribution in [2.45, 2.75) is 40.0 Å². The van der Waals surface area contributed by atoms with E-state index in [0.29, 0.717) is 12.1 Å². The Morgan fingerprint density at radius 2 is 1.33 bits per heavy atom. The lowest BCUT2D eigenvalue weighted by molar-refractivity contribution is 0.133. The fourth-order valence-corrected chi connectivity index (χ4v) is 3.92. The number of hydrogen-bond acceptors (Lipinski definition) is 3. The maximum atomic E-state index is 13.7. The molecular formula is C32H40FNOS. The Morgan fingerprint density at radius 1 is 0.778 bits per heavy atom. The van der Waals surface area contributed by atoms with Crippen LogP contribution in [0.1, 0.15) is 45.3 Å². The average molecular weight is 506 g/mol. The standard InChI is InChI=1S/C16H18FNOS.C14H14.C2H6.H2/c1-2-10-19-12-18-20-11-9-13-7-8-16(17)15-6-4-3-5-14(13)15;1-3-7-13(8-4-1)11-12-14-9-5-2-6-10-14;1-2;/h3-9,11,18H,2,10,12H2,1H3;1-10H,11-12H2;1-2H3;1H/b11-9+;;;. The van der Waals surface area contributed by atoms with Crippen molar-refractivity contribution in [3.8, 4) is 0 Å². The highest BCUT2D eigenvalue weighted by Gasteiger charge is 2.02. The molecule has 0 fully saturated rings. The summed E-state index contributed by atoms with van der Waals surface area (Å²) in [5.41, 5.74) is 3.83. The highest BCUT2D eigenvalue weighted by atomic mass is 32.2. The Morgan fingerprint density at radius 3 is 1.92 bits per heavy atom. The van der Waals surface area contributed by atoms with Gasteiger partial charge >= 0.3 is 0 Å². The molecule has 36 heavy (non-hydrogen) atoms. The van der Waals surface area contributed by atoms with Crippen molar-refractivity contribution in [2.75, 3.05) is 13.3 Å². The van der Waals surface area contributed by atoms with Gasteiger partial charge in [-0.15, -0.1) is 0 Å². The summed E-state index contributed by atoms with van der Waals surface area (Å²) in [5, 5.41) is 3.51. The minimum atomic E-state index is -0.184. The molecular weight excluding hydrogens is 465 g/mol. The molecule has 0 amide bonds. The van der Waals surface area contributed by atoms with Crippen LogP contribution in [-0.2, 0) is 17.6 Å². The fraction of sp³-hybridized carbons (Fsp3) is 0.250. The number of ether oxygens (including phenoxy) is 1. The van der Waals surface area contributed by atoms with E-state index < -0.39 is 0 Å². The van der Waals surface area contributed by atoms with Crippen LogP contribution in [0.5, 0.6) is 0 Å². The lowest BCUT2D eigenvalue weighted by Crippen LogP contribution is -2.08. The SMILES string of the molecule is CC.CCCOCNS/C=C/c1ccc(F)c2ccccc12.[HH].c1ccc(CCc2ccccc2)cc1. The number of rotatable bonds is 10. The molecule has 0 atom stereocenters. The minimum absolute atomic E-state index is 0. The first-order valence-corrected chi connectivity index (χ1v) is 13.5. The summed E-state index contributed by atoms with van der Waals surface area (Å²) in [6.07, 6.45) is 5.25. The van der Waals surface area contributed by atoms with E-state index >= 15 is 0 Å². The summed E-state index contributed by atoms with van der Waals surface area (Å²) in [4.78, 5) is 0. The molecule has 192 valence electrons. The Labute approximate surface area is 222 Å². The minimum Gasteiger partial charge on any atom is -0.365 e. The van der Waals surface area contributed by atoms with Crippen LogP contribution in [0.3, 0.4) is 0 Å². The molecule has 0 heterocycles. The third kappa shape index (κ3) is 10.8. The molecule has 0 saturated carbocycles. The Balaban J connectivity index is 0.000000354. The summed E-state index contributed by atoms with van der Waals surface area (Å²) < 4.78 is 22.1. The van der Waals surface area contributed by atoms with E-state index in [-0.39, 0.29) is 7.24 Å². The van der Waals surface area contributed by atoms with Gasteiger partial charge in [-0.05, 0) is 58.9 Å². The maximum absolute atomic E-state index is 13.7. The van der Waals surface area contributed by atoms with Crippen molar-refractivity contribution >= 4 is 28.8 Å². The van der Waals surface area contributed by atoms with Crippen LogP contribution in [0.2, 0.25) is 0 Å². The predicted molar refractivity (Wildman–Crippen MR) is 159 cm³/mol. The summed E-state index contributed by atoms with van der Waals surface area (Å²) in [5.74, 6) is -0.184. The molecule has 0 spiro atoms. The van der Waals surface area contributed by atoms with E-state index in [0.717, 1.165) is 36.8 Å². The van der Waals surface area contributed by atoms with Gasteiger partial charge in [0.1, 0.15) is 12.5 Å². The first-order chi connectivity index (χ1) is 17.8. The van der Waals surface area contributed by atoms with Crippen molar-refractivity contribution in [3.63, 3.8) is 0 Å². The van der Waals surface area contributed by atoms with E-state index in [9.17, 15) is 4.39 Å². The van der Waals surface area contributed by atoms with Crippen molar-refractivity contribution in [3.05, 3.63) is 125 Å². The van der Waals surface area contributed by atoms with Gasteiger partial charge in [-0.1, -0.05) is 124 Å². The molecule has 4 heteroatoms. The van der Waals surface area contributed by atoms with Gasteiger partial charge in [0.2, 0.25) is 0 Å². The molecule has 4 aromatic rings. The van der Waals surface area contributed by atoms with Crippen molar-refractivity contribution in [2.24, 2.45) is 0 Å². The molecule has 4 aromatic carbocycles. The summed E-state index contributed by atoms with van der Waals surface area (Å²) in [6.45, 7) is 7.36. The van der Waals surface area contributed by atoms with Crippen LogP contribution in [0.25, 0.3) is 16.8 Å². The van der Waals surface area contributed by atoms with E-state index in [1.165, 1.54) is 29.1 Å². The Bertz CT molecular complexity index is 1100. The number of hydrogen-bond donors (Lipinski definition) is 1. The first kappa shape index (κ1) is 29.3. The third-order valence-electron chi connectivity index (χ3n) is 5.20. The molecule has 0 unspecified atom stereocenters. The van der Waals surface area contributed by atoms with Gasteiger partial charge < -0.3 is 4.74 Å². The van der Waals surface area contributed by atoms with Gasteiger partial charge in [0, 0.05) is 13.4 Å². The van der Waals surface area contributed by atoms with Crippen LogP contribution >= 0.6 is 11.9 Å². The molecule has 0 aliphatic heterocycles. The lowest BCUT2D eigenvalue weighted by Gasteiger charge is -2.04. The van der Waals surface area contributed by atoms with E-state index in [2.05, 4.69) is 72.3 Å². The summed E-state index contributed by atoms with van der Waals surface area (Å²) in [6, 6.07) is 32.0. The van der Waals surface area contributed by atoms with E-state index in [1.807, 2.05) is 43.5 Å². The van der Waals surface area contributed by atoms with Gasteiger partial charge in [0.25, 0.3) is 0 Å². The van der Waals surface area contributed by atoms with Crippen LogP contribution in [0, 0.1) is 5.82 Å². The maximum Gasteiger partial charge on any atom is 0.131 e. The number of fused-ring (bicyclic) bond motifs is 1. The number of benzene rings is 4. The molecule has 0 saturated heterocycles. The molecule has 0 aromatic heterocycles. The highest BCUT2D eigenvalue weighted by molar-refractivity contribution is 8.00. The quantitative estimate of drug-likeness (QED) is 0.132. The van der Waals surface area contributed by atoms with E-state index in [1.54, 1.807) is 12.1 Å². The number of halogens is 1. The molecule has 4 rings (SSSR count). The largest absolute Gasteiger partial charge is 0.365 e. The predicted octanol–water partition coefficient (Wildman–Crippen LogP) is 9.32. The smallest absolute Gasteiger partial charge is 0.131 e. The van der Waals surface area contributed by atoms with Crippen LogP contribution in [0.4, 0.5) is 4.39 Å². The van der Waals surface area contributed by atoms with Crippen molar-refractivity contribution in [1.29, 1.82) is 0 Å². The Kier molecular flexibility index (Phi) is 15.0. The molecule has 1 N–H and O–H groups in total. The van der Waals surface area contributed by atoms with Gasteiger partial charge in [-0.25, -0.2) is 9.11 Å². The zero-order valence-electron chi connectivity index (χ0n) is 21.6. The second kappa shape index (κ2) is 18.4. The van der Waals surface area contributed by atoms with Gasteiger partial charge in [0.15, 0.2) is 0 Å². The topological polar surface area (TPSA) is 21.3 Å². The first-order valence-electron chi connectivity index (χ1n) is 12.7. The lowest BCUT2D eigenvalue weighted by atomic mass is 10.0. The van der Waals surface area contributed by atoms with Crippen LogP contribution < -0.4 is 4.72 Å². The second-order valence-electron chi connectivity index (χ2n) is 7.77. The summed E-state index contributed by atoms with van der Waals surface area (Å²) >= 11 is 1.46. The monoisotopic (exact) mass is 505 g/mol. The number of nitrogens with one attached hydrogen (secondary N) is 1. The van der Waals surface area contributed by atoms with Gasteiger partial charge in [-0.2, -0.15) is 0 Å². The fourth-order valence-electron chi connectivity index (χ4n) is 3.46. The number of aryl methyl sites for hydroxylation is 2. The van der Waals surface area contributed by atoms with Crippen molar-refractivity contribution in [1.82, 2.24) is 4.72 Å². The van der Waals surface area contributed by atoms with E-state index in [4.69, 9.17) is 4.74 Å². The van der Waals surface area contributed by atoms with Gasteiger partial charge in [-0.3, -0.25) is 0 Å².